The van der Waals surface area contributed by atoms with Crippen LogP contribution in [0.2, 0.25) is 0 Å². The number of ether oxygens (including phenoxy) is 1. The lowest BCUT2D eigenvalue weighted by Gasteiger charge is -2.28. The maximum atomic E-state index is 12.1. The van der Waals surface area contributed by atoms with E-state index >= 15 is 0 Å². The molecule has 0 saturated carbocycles. The zero-order chi connectivity index (χ0) is 19.2. The number of hydrogen-bond donors (Lipinski definition) is 1. The monoisotopic (exact) mass is 378 g/mol. The Kier molecular flexibility index (Phi) is 5.58. The first-order chi connectivity index (χ1) is 13.8. The minimum absolute atomic E-state index is 0.0334. The molecule has 1 saturated heterocycles. The van der Waals surface area contributed by atoms with E-state index in [1.807, 2.05) is 54.6 Å². The number of carbonyl (C=O) groups excluding carboxylic acids is 1. The Morgan fingerprint density at radius 3 is 2.54 bits per heavy atom. The fraction of sp³-hybridized carbons (Fsp3) is 0.300. The number of amides is 1. The number of rotatable bonds is 6. The Morgan fingerprint density at radius 2 is 1.79 bits per heavy atom. The van der Waals surface area contributed by atoms with E-state index in [0.717, 1.165) is 43.1 Å². The summed E-state index contributed by atoms with van der Waals surface area (Å²) in [6.45, 7) is 3.81. The van der Waals surface area contributed by atoms with Gasteiger partial charge in [-0.05, 0) is 35.0 Å². The Hall–Kier alpha value is -3.26. The van der Waals surface area contributed by atoms with Crippen LogP contribution in [0, 0.1) is 0 Å². The molecule has 1 aliphatic rings. The van der Waals surface area contributed by atoms with Gasteiger partial charge in [0.1, 0.15) is 6.54 Å². The van der Waals surface area contributed by atoms with Crippen LogP contribution in [0.4, 0.5) is 5.69 Å². The molecule has 1 N–H and O–H groups in total. The van der Waals surface area contributed by atoms with Crippen molar-refractivity contribution in [2.45, 2.75) is 13.1 Å². The second-order valence-electron chi connectivity index (χ2n) is 6.55. The van der Waals surface area contributed by atoms with Gasteiger partial charge in [0.05, 0.1) is 13.2 Å². The summed E-state index contributed by atoms with van der Waals surface area (Å²) in [4.78, 5) is 15.7. The van der Waals surface area contributed by atoms with Gasteiger partial charge in [0.2, 0.25) is 11.7 Å². The lowest BCUT2D eigenvalue weighted by molar-refractivity contribution is -0.122. The van der Waals surface area contributed by atoms with Crippen molar-refractivity contribution in [1.82, 2.24) is 25.5 Å². The highest BCUT2D eigenvalue weighted by atomic mass is 16.5. The Balaban J connectivity index is 1.34. The van der Waals surface area contributed by atoms with Gasteiger partial charge in [-0.3, -0.25) is 4.79 Å². The molecule has 0 atom stereocenters. The first-order valence-corrected chi connectivity index (χ1v) is 9.29. The van der Waals surface area contributed by atoms with Crippen LogP contribution >= 0.6 is 0 Å². The van der Waals surface area contributed by atoms with Gasteiger partial charge in [-0.2, -0.15) is 4.80 Å². The van der Waals surface area contributed by atoms with E-state index in [1.165, 1.54) is 4.80 Å². The van der Waals surface area contributed by atoms with E-state index in [2.05, 4.69) is 25.6 Å². The van der Waals surface area contributed by atoms with Crippen molar-refractivity contribution < 1.29 is 9.53 Å². The lowest BCUT2D eigenvalue weighted by Crippen LogP contribution is -2.36. The summed E-state index contributed by atoms with van der Waals surface area (Å²) in [5.41, 5.74) is 3.07. The van der Waals surface area contributed by atoms with Crippen LogP contribution in [0.5, 0.6) is 0 Å². The van der Waals surface area contributed by atoms with Gasteiger partial charge in [0.15, 0.2) is 0 Å². The third-order valence-corrected chi connectivity index (χ3v) is 4.57. The van der Waals surface area contributed by atoms with E-state index < -0.39 is 0 Å². The van der Waals surface area contributed by atoms with Gasteiger partial charge in [0.25, 0.3) is 0 Å². The second-order valence-corrected chi connectivity index (χ2v) is 6.55. The Bertz CT molecular complexity index is 904. The van der Waals surface area contributed by atoms with Gasteiger partial charge in [-0.15, -0.1) is 10.2 Å². The normalized spacial score (nSPS) is 14.1. The molecule has 2 heterocycles. The quantitative estimate of drug-likeness (QED) is 0.700. The number of hydrogen-bond acceptors (Lipinski definition) is 6. The van der Waals surface area contributed by atoms with Crippen LogP contribution in [-0.4, -0.2) is 52.4 Å². The van der Waals surface area contributed by atoms with Crippen molar-refractivity contribution in [1.29, 1.82) is 0 Å². The number of nitrogens with zero attached hydrogens (tertiary/aromatic N) is 5. The summed E-state index contributed by atoms with van der Waals surface area (Å²) in [7, 11) is 0. The van der Waals surface area contributed by atoms with Crippen LogP contribution in [0.1, 0.15) is 5.56 Å². The van der Waals surface area contributed by atoms with Crippen LogP contribution in [0.25, 0.3) is 11.4 Å². The minimum Gasteiger partial charge on any atom is -0.378 e. The third-order valence-electron chi connectivity index (χ3n) is 4.57. The molecule has 4 rings (SSSR count). The van der Waals surface area contributed by atoms with E-state index in [1.54, 1.807) is 0 Å². The molecule has 0 aliphatic carbocycles. The van der Waals surface area contributed by atoms with E-state index in [4.69, 9.17) is 4.74 Å². The molecule has 1 aromatic heterocycles. The van der Waals surface area contributed by atoms with Crippen molar-refractivity contribution >= 4 is 11.6 Å². The highest BCUT2D eigenvalue weighted by molar-refractivity contribution is 5.75. The van der Waals surface area contributed by atoms with Crippen LogP contribution < -0.4 is 10.2 Å². The molecule has 1 fully saturated rings. The molecule has 0 bridgehead atoms. The number of anilines is 1. The minimum atomic E-state index is -0.157. The number of aromatic nitrogens is 4. The Morgan fingerprint density at radius 1 is 1.04 bits per heavy atom. The van der Waals surface area contributed by atoms with E-state index in [-0.39, 0.29) is 12.5 Å². The summed E-state index contributed by atoms with van der Waals surface area (Å²) in [6.07, 6.45) is 0. The summed E-state index contributed by atoms with van der Waals surface area (Å²) >= 11 is 0. The average Bonchev–Trinajstić information content (AvgIpc) is 3.22. The molecule has 8 nitrogen and oxygen atoms in total. The predicted octanol–water partition coefficient (Wildman–Crippen LogP) is 1.49. The maximum absolute atomic E-state index is 12.1. The predicted molar refractivity (Wildman–Crippen MR) is 105 cm³/mol. The molecule has 0 unspecified atom stereocenters. The highest BCUT2D eigenvalue weighted by Gasteiger charge is 2.13. The van der Waals surface area contributed by atoms with Gasteiger partial charge < -0.3 is 15.0 Å². The van der Waals surface area contributed by atoms with Crippen molar-refractivity contribution in [2.75, 3.05) is 31.2 Å². The molecule has 28 heavy (non-hydrogen) atoms. The van der Waals surface area contributed by atoms with Gasteiger partial charge >= 0.3 is 0 Å². The smallest absolute Gasteiger partial charge is 0.243 e. The first-order valence-electron chi connectivity index (χ1n) is 9.29. The lowest BCUT2D eigenvalue weighted by atomic mass is 10.2. The summed E-state index contributed by atoms with van der Waals surface area (Å²) in [5.74, 6) is 0.347. The SMILES string of the molecule is O=C(Cn1nnc(-c2ccc(N3CCOCC3)cc2)n1)NCc1ccccc1. The number of morpholine rings is 1. The topological polar surface area (TPSA) is 85.2 Å². The molecule has 8 heteroatoms. The van der Waals surface area contributed by atoms with Crippen LogP contribution in [0.15, 0.2) is 54.6 Å². The average molecular weight is 378 g/mol. The van der Waals surface area contributed by atoms with Crippen molar-refractivity contribution in [3.8, 4) is 11.4 Å². The number of benzene rings is 2. The summed E-state index contributed by atoms with van der Waals surface area (Å²) < 4.78 is 5.39. The molecular weight excluding hydrogens is 356 g/mol. The third kappa shape index (κ3) is 4.52. The fourth-order valence-corrected chi connectivity index (χ4v) is 3.05. The number of carbonyl (C=O) groups is 1. The van der Waals surface area contributed by atoms with Crippen molar-refractivity contribution in [2.24, 2.45) is 0 Å². The Labute approximate surface area is 163 Å². The maximum Gasteiger partial charge on any atom is 0.243 e. The standard InChI is InChI=1S/C20H22N6O2/c27-19(21-14-16-4-2-1-3-5-16)15-26-23-20(22-24-26)17-6-8-18(9-7-17)25-10-12-28-13-11-25/h1-9H,10-15H2,(H,21,27). The van der Waals surface area contributed by atoms with Gasteiger partial charge in [0, 0.05) is 30.9 Å². The summed E-state index contributed by atoms with van der Waals surface area (Å²) in [5, 5.41) is 15.2. The first kappa shape index (κ1) is 18.1. The van der Waals surface area contributed by atoms with Gasteiger partial charge in [-0.1, -0.05) is 30.3 Å². The largest absolute Gasteiger partial charge is 0.378 e. The number of nitrogens with one attached hydrogen (secondary N) is 1. The van der Waals surface area contributed by atoms with Crippen molar-refractivity contribution in [3.05, 3.63) is 60.2 Å². The molecule has 1 amide bonds. The molecule has 3 aromatic rings. The zero-order valence-electron chi connectivity index (χ0n) is 15.5. The summed E-state index contributed by atoms with van der Waals surface area (Å²) in [6, 6.07) is 17.8. The fourth-order valence-electron chi connectivity index (χ4n) is 3.05. The van der Waals surface area contributed by atoms with E-state index in [0.29, 0.717) is 12.4 Å². The van der Waals surface area contributed by atoms with Crippen LogP contribution in [0.3, 0.4) is 0 Å². The highest BCUT2D eigenvalue weighted by Crippen LogP contribution is 2.21. The van der Waals surface area contributed by atoms with Crippen molar-refractivity contribution in [3.63, 3.8) is 0 Å². The molecule has 2 aromatic carbocycles. The second kappa shape index (κ2) is 8.62. The molecular formula is C20H22N6O2. The van der Waals surface area contributed by atoms with Crippen LogP contribution in [-0.2, 0) is 22.6 Å². The zero-order valence-corrected chi connectivity index (χ0v) is 15.5. The van der Waals surface area contributed by atoms with Gasteiger partial charge in [-0.25, -0.2) is 0 Å². The molecule has 144 valence electrons. The molecule has 1 aliphatic heterocycles. The number of tetrazole rings is 1. The molecule has 0 radical (unpaired) electrons. The molecule has 0 spiro atoms. The van der Waals surface area contributed by atoms with E-state index in [9.17, 15) is 4.79 Å².